The van der Waals surface area contributed by atoms with Crippen molar-refractivity contribution in [2.45, 2.75) is 31.4 Å². The fourth-order valence-corrected chi connectivity index (χ4v) is 3.47. The molecule has 1 amide bonds. The second-order valence-corrected chi connectivity index (χ2v) is 6.34. The minimum absolute atomic E-state index is 0.00253. The van der Waals surface area contributed by atoms with Gasteiger partial charge in [-0.2, -0.15) is 5.10 Å². The van der Waals surface area contributed by atoms with Crippen LogP contribution in [0.2, 0.25) is 0 Å². The predicted octanol–water partition coefficient (Wildman–Crippen LogP) is 2.78. The maximum Gasteiger partial charge on any atom is 0.224 e. The summed E-state index contributed by atoms with van der Waals surface area (Å²) in [6.45, 7) is 0.651. The molecule has 2 heterocycles. The third kappa shape index (κ3) is 2.87. The van der Waals surface area contributed by atoms with Crippen LogP contribution in [0.25, 0.3) is 5.69 Å². The van der Waals surface area contributed by atoms with Crippen LogP contribution in [0, 0.1) is 5.92 Å². The van der Waals surface area contributed by atoms with Gasteiger partial charge in [-0.1, -0.05) is 30.4 Å². The van der Waals surface area contributed by atoms with E-state index in [0.717, 1.165) is 30.6 Å². The summed E-state index contributed by atoms with van der Waals surface area (Å²) < 4.78 is 7.84. The second kappa shape index (κ2) is 6.61. The summed E-state index contributed by atoms with van der Waals surface area (Å²) in [5.41, 5.74) is 1.98. The van der Waals surface area contributed by atoms with Crippen molar-refractivity contribution >= 4 is 5.91 Å². The Bertz CT molecular complexity index is 730. The van der Waals surface area contributed by atoms with Gasteiger partial charge >= 0.3 is 0 Å². The molecule has 1 fully saturated rings. The zero-order chi connectivity index (χ0) is 16.4. The Kier molecular flexibility index (Phi) is 4.17. The number of para-hydroxylation sites is 1. The highest BCUT2D eigenvalue weighted by molar-refractivity contribution is 5.79. The molecule has 1 N–H and O–H groups in total. The fourth-order valence-electron chi connectivity index (χ4n) is 3.47. The van der Waals surface area contributed by atoms with Gasteiger partial charge in [0.15, 0.2) is 0 Å². The van der Waals surface area contributed by atoms with Crippen LogP contribution in [0.4, 0.5) is 0 Å². The summed E-state index contributed by atoms with van der Waals surface area (Å²) in [7, 11) is 0. The van der Waals surface area contributed by atoms with Gasteiger partial charge in [0.2, 0.25) is 5.91 Å². The first-order valence-corrected chi connectivity index (χ1v) is 8.49. The van der Waals surface area contributed by atoms with Crippen LogP contribution in [0.15, 0.2) is 54.7 Å². The van der Waals surface area contributed by atoms with E-state index >= 15 is 0 Å². The van der Waals surface area contributed by atoms with Crippen molar-refractivity contribution < 1.29 is 9.53 Å². The number of hydrogen-bond donors (Lipinski definition) is 1. The molecule has 2 aromatic rings. The van der Waals surface area contributed by atoms with E-state index in [1.807, 2.05) is 41.1 Å². The van der Waals surface area contributed by atoms with Gasteiger partial charge in [-0.05, 0) is 37.5 Å². The standard InChI is InChI=1S/C19H21N3O2/c23-19(14-6-4-5-7-14)21-16-11-13-24-18(16)17-10-12-20-22(17)15-8-2-1-3-9-15/h1-5,8-10,12,14,16,18H,6-7,11,13H2,(H,21,23)/t16-,18-/m0/s1. The number of allylic oxidation sites excluding steroid dienone is 2. The van der Waals surface area contributed by atoms with Crippen LogP contribution in [0.3, 0.4) is 0 Å². The summed E-state index contributed by atoms with van der Waals surface area (Å²) in [6.07, 6.45) is 8.29. The smallest absolute Gasteiger partial charge is 0.224 e. The van der Waals surface area contributed by atoms with Gasteiger partial charge < -0.3 is 10.1 Å². The Morgan fingerprint density at radius 1 is 1.17 bits per heavy atom. The molecule has 2 atom stereocenters. The van der Waals surface area contributed by atoms with Crippen LogP contribution in [-0.4, -0.2) is 28.3 Å². The Morgan fingerprint density at radius 3 is 2.75 bits per heavy atom. The van der Waals surface area contributed by atoms with E-state index in [4.69, 9.17) is 4.74 Å². The SMILES string of the molecule is O=C(N[C@H]1CCO[C@@H]1c1ccnn1-c1ccccc1)C1CC=CC1. The molecule has 0 spiro atoms. The number of benzene rings is 1. The lowest BCUT2D eigenvalue weighted by Crippen LogP contribution is -2.40. The first-order valence-electron chi connectivity index (χ1n) is 8.49. The number of nitrogens with one attached hydrogen (secondary N) is 1. The summed E-state index contributed by atoms with van der Waals surface area (Å²) in [4.78, 5) is 12.4. The number of rotatable bonds is 4. The number of aromatic nitrogens is 2. The zero-order valence-electron chi connectivity index (χ0n) is 13.5. The fraction of sp³-hybridized carbons (Fsp3) is 0.368. The van der Waals surface area contributed by atoms with E-state index in [1.54, 1.807) is 6.20 Å². The van der Waals surface area contributed by atoms with Crippen LogP contribution >= 0.6 is 0 Å². The van der Waals surface area contributed by atoms with Crippen molar-refractivity contribution in [3.05, 3.63) is 60.4 Å². The molecule has 4 rings (SSSR count). The number of hydrogen-bond acceptors (Lipinski definition) is 3. The largest absolute Gasteiger partial charge is 0.370 e. The van der Waals surface area contributed by atoms with Crippen LogP contribution < -0.4 is 5.32 Å². The van der Waals surface area contributed by atoms with Gasteiger partial charge in [-0.15, -0.1) is 0 Å². The molecular formula is C19H21N3O2. The molecule has 0 saturated carbocycles. The van der Waals surface area contributed by atoms with E-state index in [2.05, 4.69) is 22.6 Å². The average Bonchev–Trinajstić information content (AvgIpc) is 3.36. The predicted molar refractivity (Wildman–Crippen MR) is 90.7 cm³/mol. The molecule has 1 aromatic heterocycles. The van der Waals surface area contributed by atoms with Crippen molar-refractivity contribution in [3.63, 3.8) is 0 Å². The monoisotopic (exact) mass is 323 g/mol. The number of amides is 1. The van der Waals surface area contributed by atoms with Crippen LogP contribution in [0.5, 0.6) is 0 Å². The van der Waals surface area contributed by atoms with Crippen molar-refractivity contribution in [1.29, 1.82) is 0 Å². The van der Waals surface area contributed by atoms with Crippen molar-refractivity contribution in [1.82, 2.24) is 15.1 Å². The molecule has 5 nitrogen and oxygen atoms in total. The van der Waals surface area contributed by atoms with Crippen molar-refractivity contribution in [2.24, 2.45) is 5.92 Å². The van der Waals surface area contributed by atoms with E-state index < -0.39 is 0 Å². The van der Waals surface area contributed by atoms with Crippen LogP contribution in [-0.2, 0) is 9.53 Å². The van der Waals surface area contributed by atoms with Gasteiger partial charge in [-0.3, -0.25) is 4.79 Å². The molecule has 1 saturated heterocycles. The summed E-state index contributed by atoms with van der Waals surface area (Å²) in [5.74, 6) is 0.205. The van der Waals surface area contributed by atoms with E-state index in [9.17, 15) is 4.79 Å². The summed E-state index contributed by atoms with van der Waals surface area (Å²) >= 11 is 0. The number of carbonyl (C=O) groups excluding carboxylic acids is 1. The molecule has 5 heteroatoms. The number of ether oxygens (including phenoxy) is 1. The Balaban J connectivity index is 1.53. The topological polar surface area (TPSA) is 56.1 Å². The number of nitrogens with zero attached hydrogens (tertiary/aromatic N) is 2. The summed E-state index contributed by atoms with van der Waals surface area (Å²) in [5, 5.41) is 7.63. The molecule has 1 aliphatic carbocycles. The minimum atomic E-state index is -0.161. The molecule has 24 heavy (non-hydrogen) atoms. The van der Waals surface area contributed by atoms with Gasteiger partial charge in [0.05, 0.1) is 17.4 Å². The highest BCUT2D eigenvalue weighted by Gasteiger charge is 2.34. The maximum atomic E-state index is 12.4. The Labute approximate surface area is 141 Å². The van der Waals surface area contributed by atoms with Crippen LogP contribution in [0.1, 0.15) is 31.1 Å². The summed E-state index contributed by atoms with van der Waals surface area (Å²) in [6, 6.07) is 12.0. The van der Waals surface area contributed by atoms with E-state index in [1.165, 1.54) is 0 Å². The highest BCUT2D eigenvalue weighted by Crippen LogP contribution is 2.31. The third-order valence-electron chi connectivity index (χ3n) is 4.76. The van der Waals surface area contributed by atoms with Gasteiger partial charge in [0.25, 0.3) is 0 Å². The molecule has 1 aromatic carbocycles. The molecule has 1 aliphatic heterocycles. The normalized spacial score (nSPS) is 23.7. The number of carbonyl (C=O) groups is 1. The quantitative estimate of drug-likeness (QED) is 0.880. The molecule has 0 radical (unpaired) electrons. The Hall–Kier alpha value is -2.40. The highest BCUT2D eigenvalue weighted by atomic mass is 16.5. The zero-order valence-corrected chi connectivity index (χ0v) is 13.5. The average molecular weight is 323 g/mol. The first kappa shape index (κ1) is 15.1. The lowest BCUT2D eigenvalue weighted by molar-refractivity contribution is -0.125. The Morgan fingerprint density at radius 2 is 1.96 bits per heavy atom. The second-order valence-electron chi connectivity index (χ2n) is 6.34. The third-order valence-corrected chi connectivity index (χ3v) is 4.76. The lowest BCUT2D eigenvalue weighted by Gasteiger charge is -2.22. The van der Waals surface area contributed by atoms with E-state index in [0.29, 0.717) is 6.61 Å². The van der Waals surface area contributed by atoms with E-state index in [-0.39, 0.29) is 24.0 Å². The maximum absolute atomic E-state index is 12.4. The molecule has 0 unspecified atom stereocenters. The van der Waals surface area contributed by atoms with Gasteiger partial charge in [0, 0.05) is 18.7 Å². The minimum Gasteiger partial charge on any atom is -0.370 e. The van der Waals surface area contributed by atoms with Crippen molar-refractivity contribution in [2.75, 3.05) is 6.61 Å². The van der Waals surface area contributed by atoms with Gasteiger partial charge in [0.1, 0.15) is 6.10 Å². The van der Waals surface area contributed by atoms with Crippen molar-refractivity contribution in [3.8, 4) is 5.69 Å². The first-order chi connectivity index (χ1) is 11.8. The lowest BCUT2D eigenvalue weighted by atomic mass is 10.0. The van der Waals surface area contributed by atoms with Gasteiger partial charge in [-0.25, -0.2) is 4.68 Å². The molecule has 2 aliphatic rings. The molecular weight excluding hydrogens is 302 g/mol. The molecule has 0 bridgehead atoms. The molecule has 124 valence electrons.